The van der Waals surface area contributed by atoms with Crippen molar-refractivity contribution >= 4 is 17.4 Å². The van der Waals surface area contributed by atoms with Gasteiger partial charge in [-0.15, -0.1) is 0 Å². The van der Waals surface area contributed by atoms with Gasteiger partial charge in [-0.05, 0) is 66.8 Å². The summed E-state index contributed by atoms with van der Waals surface area (Å²) >= 11 is 0. The largest absolute Gasteiger partial charge is 0.393 e. The molecule has 3 aromatic rings. The number of halogens is 1. The molecule has 2 heterocycles. The molecule has 0 saturated carbocycles. The van der Waals surface area contributed by atoms with E-state index >= 15 is 0 Å². The monoisotopic (exact) mass is 405 g/mol. The molecule has 0 aliphatic carbocycles. The number of rotatable bonds is 4. The van der Waals surface area contributed by atoms with E-state index in [1.807, 2.05) is 31.2 Å². The summed E-state index contributed by atoms with van der Waals surface area (Å²) in [6.07, 6.45) is 2.80. The highest BCUT2D eigenvalue weighted by Crippen LogP contribution is 2.29. The molecule has 0 atom stereocenters. The molecule has 1 aliphatic rings. The SMILES string of the molecule is Cc1c(NC(=O)c2ccc(N3CCC(O)CC3)nc2)cccc1-c1ccc(F)cc1. The van der Waals surface area contributed by atoms with Crippen molar-refractivity contribution in [1.82, 2.24) is 4.98 Å². The molecule has 1 aliphatic heterocycles. The Morgan fingerprint density at radius 1 is 1.10 bits per heavy atom. The Morgan fingerprint density at radius 2 is 1.83 bits per heavy atom. The zero-order chi connectivity index (χ0) is 21.1. The van der Waals surface area contributed by atoms with Gasteiger partial charge in [0.2, 0.25) is 0 Å². The molecule has 0 radical (unpaired) electrons. The number of aromatic nitrogens is 1. The second kappa shape index (κ2) is 8.63. The first kappa shape index (κ1) is 20.0. The van der Waals surface area contributed by atoms with Gasteiger partial charge >= 0.3 is 0 Å². The highest BCUT2D eigenvalue weighted by atomic mass is 19.1. The molecule has 0 bridgehead atoms. The second-order valence-electron chi connectivity index (χ2n) is 7.56. The van der Waals surface area contributed by atoms with Crippen LogP contribution in [0.25, 0.3) is 11.1 Å². The van der Waals surface area contributed by atoms with Crippen LogP contribution in [0.3, 0.4) is 0 Å². The van der Waals surface area contributed by atoms with E-state index in [1.54, 1.807) is 24.4 Å². The predicted molar refractivity (Wildman–Crippen MR) is 116 cm³/mol. The summed E-state index contributed by atoms with van der Waals surface area (Å²) in [5, 5.41) is 12.6. The van der Waals surface area contributed by atoms with Crippen LogP contribution in [0.2, 0.25) is 0 Å². The van der Waals surface area contributed by atoms with Crippen LogP contribution in [-0.4, -0.2) is 35.2 Å². The van der Waals surface area contributed by atoms with Crippen molar-refractivity contribution in [3.05, 3.63) is 77.7 Å². The molecule has 1 saturated heterocycles. The number of aliphatic hydroxyl groups is 1. The maximum absolute atomic E-state index is 13.2. The standard InChI is InChI=1S/C24H24FN3O2/c1-16-21(17-5-8-19(25)9-6-17)3-2-4-22(16)27-24(30)18-7-10-23(26-15-18)28-13-11-20(29)12-14-28/h2-10,15,20,29H,11-14H2,1H3,(H,27,30). The van der Waals surface area contributed by atoms with Crippen molar-refractivity contribution in [2.45, 2.75) is 25.9 Å². The van der Waals surface area contributed by atoms with Gasteiger partial charge in [0, 0.05) is 25.0 Å². The van der Waals surface area contributed by atoms with Crippen LogP contribution in [0.15, 0.2) is 60.8 Å². The van der Waals surface area contributed by atoms with Crippen LogP contribution in [0.4, 0.5) is 15.9 Å². The van der Waals surface area contributed by atoms with Crippen molar-refractivity contribution in [3.63, 3.8) is 0 Å². The highest BCUT2D eigenvalue weighted by Gasteiger charge is 2.18. The number of hydrogen-bond donors (Lipinski definition) is 2. The molecule has 1 amide bonds. The van der Waals surface area contributed by atoms with Gasteiger partial charge in [0.1, 0.15) is 11.6 Å². The van der Waals surface area contributed by atoms with E-state index in [4.69, 9.17) is 0 Å². The summed E-state index contributed by atoms with van der Waals surface area (Å²) in [5.74, 6) is 0.299. The van der Waals surface area contributed by atoms with Crippen LogP contribution in [0.1, 0.15) is 28.8 Å². The Kier molecular flexibility index (Phi) is 5.77. The first-order chi connectivity index (χ1) is 14.5. The number of pyridine rings is 1. The van der Waals surface area contributed by atoms with E-state index in [0.29, 0.717) is 11.3 Å². The van der Waals surface area contributed by atoms with Gasteiger partial charge in [0.15, 0.2) is 0 Å². The lowest BCUT2D eigenvalue weighted by molar-refractivity contribution is 0.102. The van der Waals surface area contributed by atoms with Crippen LogP contribution >= 0.6 is 0 Å². The van der Waals surface area contributed by atoms with Gasteiger partial charge in [-0.3, -0.25) is 4.79 Å². The fourth-order valence-electron chi connectivity index (χ4n) is 3.71. The molecule has 30 heavy (non-hydrogen) atoms. The highest BCUT2D eigenvalue weighted by molar-refractivity contribution is 6.05. The third-order valence-corrected chi connectivity index (χ3v) is 5.54. The predicted octanol–water partition coefficient (Wildman–Crippen LogP) is 4.41. The summed E-state index contributed by atoms with van der Waals surface area (Å²) in [4.78, 5) is 19.3. The summed E-state index contributed by atoms with van der Waals surface area (Å²) < 4.78 is 13.2. The summed E-state index contributed by atoms with van der Waals surface area (Å²) in [6, 6.07) is 15.6. The lowest BCUT2D eigenvalue weighted by Gasteiger charge is -2.30. The fraction of sp³-hybridized carbons (Fsp3) is 0.250. The number of carbonyl (C=O) groups is 1. The molecule has 5 nitrogen and oxygen atoms in total. The third kappa shape index (κ3) is 4.33. The quantitative estimate of drug-likeness (QED) is 0.675. The maximum atomic E-state index is 13.2. The first-order valence-electron chi connectivity index (χ1n) is 10.1. The number of carbonyl (C=O) groups excluding carboxylic acids is 1. The number of nitrogens with zero attached hydrogens (tertiary/aromatic N) is 2. The minimum absolute atomic E-state index is 0.234. The molecule has 2 N–H and O–H groups in total. The van der Waals surface area contributed by atoms with Crippen LogP contribution < -0.4 is 10.2 Å². The maximum Gasteiger partial charge on any atom is 0.257 e. The Labute approximate surface area is 175 Å². The van der Waals surface area contributed by atoms with Crippen LogP contribution in [0.5, 0.6) is 0 Å². The van der Waals surface area contributed by atoms with E-state index in [2.05, 4.69) is 15.2 Å². The molecular formula is C24H24FN3O2. The average Bonchev–Trinajstić information content (AvgIpc) is 2.76. The number of piperidine rings is 1. The molecule has 0 spiro atoms. The minimum atomic E-state index is -0.280. The van der Waals surface area contributed by atoms with Gasteiger partial charge < -0.3 is 15.3 Å². The number of amides is 1. The zero-order valence-electron chi connectivity index (χ0n) is 16.8. The third-order valence-electron chi connectivity index (χ3n) is 5.54. The molecule has 4 rings (SSSR count). The first-order valence-corrected chi connectivity index (χ1v) is 10.1. The van der Waals surface area contributed by atoms with E-state index in [1.165, 1.54) is 12.1 Å². The van der Waals surface area contributed by atoms with E-state index in [9.17, 15) is 14.3 Å². The molecule has 154 valence electrons. The Hall–Kier alpha value is -3.25. The lowest BCUT2D eigenvalue weighted by atomic mass is 9.99. The molecule has 1 fully saturated rings. The number of aliphatic hydroxyl groups excluding tert-OH is 1. The van der Waals surface area contributed by atoms with Crippen molar-refractivity contribution in [2.75, 3.05) is 23.3 Å². The fourth-order valence-corrected chi connectivity index (χ4v) is 3.71. The molecule has 1 aromatic heterocycles. The number of anilines is 2. The van der Waals surface area contributed by atoms with Gasteiger partial charge in [-0.2, -0.15) is 0 Å². The van der Waals surface area contributed by atoms with E-state index < -0.39 is 0 Å². The van der Waals surface area contributed by atoms with Crippen LogP contribution in [0, 0.1) is 12.7 Å². The number of benzene rings is 2. The normalized spacial score (nSPS) is 14.6. The Balaban J connectivity index is 1.49. The summed E-state index contributed by atoms with van der Waals surface area (Å²) in [7, 11) is 0. The van der Waals surface area contributed by atoms with Gasteiger partial charge in [0.05, 0.1) is 11.7 Å². The summed E-state index contributed by atoms with van der Waals surface area (Å²) in [5.41, 5.74) is 3.92. The molecule has 0 unspecified atom stereocenters. The van der Waals surface area contributed by atoms with E-state index in [-0.39, 0.29) is 17.8 Å². The van der Waals surface area contributed by atoms with Gasteiger partial charge in [-0.25, -0.2) is 9.37 Å². The Bertz CT molecular complexity index is 1030. The number of nitrogens with one attached hydrogen (secondary N) is 1. The van der Waals surface area contributed by atoms with Crippen molar-refractivity contribution in [1.29, 1.82) is 0 Å². The molecule has 2 aromatic carbocycles. The zero-order valence-corrected chi connectivity index (χ0v) is 16.8. The second-order valence-corrected chi connectivity index (χ2v) is 7.56. The van der Waals surface area contributed by atoms with E-state index in [0.717, 1.165) is 48.4 Å². The van der Waals surface area contributed by atoms with Crippen molar-refractivity contribution in [3.8, 4) is 11.1 Å². The topological polar surface area (TPSA) is 65.5 Å². The molecular weight excluding hydrogens is 381 g/mol. The van der Waals surface area contributed by atoms with Crippen molar-refractivity contribution < 1.29 is 14.3 Å². The van der Waals surface area contributed by atoms with Crippen LogP contribution in [-0.2, 0) is 0 Å². The smallest absolute Gasteiger partial charge is 0.257 e. The Morgan fingerprint density at radius 3 is 2.50 bits per heavy atom. The average molecular weight is 405 g/mol. The number of hydrogen-bond acceptors (Lipinski definition) is 4. The minimum Gasteiger partial charge on any atom is -0.393 e. The van der Waals surface area contributed by atoms with Gasteiger partial charge in [0.25, 0.3) is 5.91 Å². The lowest BCUT2D eigenvalue weighted by Crippen LogP contribution is -2.36. The summed E-state index contributed by atoms with van der Waals surface area (Å²) in [6.45, 7) is 3.45. The van der Waals surface area contributed by atoms with Gasteiger partial charge in [-0.1, -0.05) is 24.3 Å². The molecule has 6 heteroatoms. The van der Waals surface area contributed by atoms with Crippen molar-refractivity contribution in [2.24, 2.45) is 0 Å².